The average Bonchev–Trinajstić information content (AvgIpc) is 3.86. The third-order valence-electron chi connectivity index (χ3n) is 10.9. The van der Waals surface area contributed by atoms with Crippen LogP contribution in [0.3, 0.4) is 0 Å². The standard InChI is InChI=1S/C22H26N2O2S.C17H20N2O2/c1-24-12-5-6-19(24)15-18-16-23-22-10-9-17(14-21(18)22)11-13-27(25,26)20-7-3-2-4-8-20;1-19-11-6-7-12(19)9-13(8-11)21-17(20)15-10-18-16-5-3-2-4-14(15)16/h2-4,7-10,14,16,19,23H,5-6,11-13,15H2,1H3;2-5,10-13,18H,6-9H2,1H3/t19-;11-,12+,13?/m1./s1. The first-order chi connectivity index (χ1) is 23.2. The molecule has 48 heavy (non-hydrogen) atoms. The fraction of sp³-hybridized carbons (Fsp3) is 0.410. The number of piperidine rings is 1. The molecule has 3 saturated heterocycles. The molecular formula is C39H46N4O4S. The van der Waals surface area contributed by atoms with Gasteiger partial charge in [0.05, 0.1) is 16.2 Å². The van der Waals surface area contributed by atoms with Crippen LogP contribution < -0.4 is 0 Å². The van der Waals surface area contributed by atoms with Crippen LogP contribution in [0.15, 0.2) is 90.1 Å². The predicted molar refractivity (Wildman–Crippen MR) is 191 cm³/mol. The Morgan fingerprint density at radius 1 is 0.854 bits per heavy atom. The van der Waals surface area contributed by atoms with Crippen molar-refractivity contribution >= 4 is 37.6 Å². The third-order valence-corrected chi connectivity index (χ3v) is 12.6. The lowest BCUT2D eigenvalue weighted by Crippen LogP contribution is -2.43. The number of rotatable bonds is 8. The number of ether oxygens (including phenoxy) is 1. The first-order valence-electron chi connectivity index (χ1n) is 17.3. The normalized spacial score (nSPS) is 23.0. The Kier molecular flexibility index (Phi) is 9.45. The van der Waals surface area contributed by atoms with Crippen LogP contribution in [0.2, 0.25) is 0 Å². The predicted octanol–water partition coefficient (Wildman–Crippen LogP) is 6.77. The van der Waals surface area contributed by atoms with Crippen molar-refractivity contribution in [1.82, 2.24) is 19.8 Å². The Morgan fingerprint density at radius 2 is 1.56 bits per heavy atom. The SMILES string of the molecule is CN1CCC[C@@H]1Cc1c[nH]c2ccc(CCS(=O)(=O)c3ccccc3)cc12.CN1[C@@H]2CC[C@H]1CC(OC(=O)c1c[nH]c3ccccc13)C2. The van der Waals surface area contributed by atoms with E-state index in [9.17, 15) is 13.2 Å². The number of H-pyrrole nitrogens is 2. The average molecular weight is 667 g/mol. The highest BCUT2D eigenvalue weighted by atomic mass is 32.2. The molecule has 9 heteroatoms. The Balaban J connectivity index is 0.000000156. The minimum absolute atomic E-state index is 0.0693. The van der Waals surface area contributed by atoms with E-state index in [0.717, 1.165) is 41.2 Å². The molecule has 1 unspecified atom stereocenters. The first kappa shape index (κ1) is 32.6. The lowest BCUT2D eigenvalue weighted by molar-refractivity contribution is -0.000265. The molecule has 8 rings (SSSR count). The number of aromatic amines is 2. The number of nitrogens with zero attached hydrogens (tertiary/aromatic N) is 2. The van der Waals surface area contributed by atoms with Gasteiger partial charge in [0, 0.05) is 65.2 Å². The number of aromatic nitrogens is 2. The smallest absolute Gasteiger partial charge is 0.340 e. The summed E-state index contributed by atoms with van der Waals surface area (Å²) in [6.07, 6.45) is 12.5. The van der Waals surface area contributed by atoms with Gasteiger partial charge in [-0.25, -0.2) is 13.2 Å². The summed E-state index contributed by atoms with van der Waals surface area (Å²) >= 11 is 0. The van der Waals surface area contributed by atoms with Crippen molar-refractivity contribution < 1.29 is 17.9 Å². The number of carbonyl (C=O) groups is 1. The molecule has 252 valence electrons. The summed E-state index contributed by atoms with van der Waals surface area (Å²) in [5, 5.41) is 2.17. The number of hydrogen-bond acceptors (Lipinski definition) is 6. The lowest BCUT2D eigenvalue weighted by atomic mass is 10.0. The number of sulfone groups is 1. The largest absolute Gasteiger partial charge is 0.459 e. The second-order valence-electron chi connectivity index (χ2n) is 13.9. The van der Waals surface area contributed by atoms with Crippen LogP contribution in [-0.2, 0) is 27.4 Å². The number of likely N-dealkylation sites (N-methyl/N-ethyl adjacent to an activating group) is 1. The maximum Gasteiger partial charge on any atom is 0.340 e. The van der Waals surface area contributed by atoms with Crippen molar-refractivity contribution in [3.8, 4) is 0 Å². The van der Waals surface area contributed by atoms with Gasteiger partial charge in [-0.15, -0.1) is 0 Å². The fourth-order valence-corrected chi connectivity index (χ4v) is 9.26. The van der Waals surface area contributed by atoms with Gasteiger partial charge in [0.25, 0.3) is 0 Å². The van der Waals surface area contributed by atoms with Crippen LogP contribution >= 0.6 is 0 Å². The molecule has 0 radical (unpaired) electrons. The van der Waals surface area contributed by atoms with E-state index in [0.29, 0.717) is 35.0 Å². The lowest BCUT2D eigenvalue weighted by Gasteiger charge is -2.35. The van der Waals surface area contributed by atoms with Crippen molar-refractivity contribution in [2.75, 3.05) is 26.4 Å². The molecule has 2 aromatic heterocycles. The van der Waals surface area contributed by atoms with Gasteiger partial charge in [0.2, 0.25) is 0 Å². The number of para-hydroxylation sites is 1. The van der Waals surface area contributed by atoms with Crippen LogP contribution in [0.5, 0.6) is 0 Å². The van der Waals surface area contributed by atoms with E-state index in [1.807, 2.05) is 36.4 Å². The number of esters is 1. The summed E-state index contributed by atoms with van der Waals surface area (Å²) in [5.41, 5.74) is 5.16. The van der Waals surface area contributed by atoms with Gasteiger partial charge in [-0.1, -0.05) is 42.5 Å². The minimum atomic E-state index is -3.25. The van der Waals surface area contributed by atoms with E-state index < -0.39 is 9.84 Å². The van der Waals surface area contributed by atoms with Crippen molar-refractivity contribution in [2.45, 2.75) is 80.5 Å². The Labute approximate surface area is 283 Å². The first-order valence-corrected chi connectivity index (χ1v) is 19.0. The van der Waals surface area contributed by atoms with Gasteiger partial charge in [0.1, 0.15) is 6.10 Å². The van der Waals surface area contributed by atoms with E-state index in [-0.39, 0.29) is 17.8 Å². The van der Waals surface area contributed by atoms with E-state index >= 15 is 0 Å². The molecule has 8 nitrogen and oxygen atoms in total. The third kappa shape index (κ3) is 6.95. The van der Waals surface area contributed by atoms with Gasteiger partial charge in [-0.2, -0.15) is 0 Å². The number of likely N-dealkylation sites (tertiary alicyclic amines) is 1. The van der Waals surface area contributed by atoms with Crippen molar-refractivity contribution in [3.05, 3.63) is 102 Å². The van der Waals surface area contributed by atoms with Gasteiger partial charge in [-0.3, -0.25) is 0 Å². The zero-order chi connectivity index (χ0) is 33.3. The summed E-state index contributed by atoms with van der Waals surface area (Å²) in [4.78, 5) is 24.2. The monoisotopic (exact) mass is 666 g/mol. The van der Waals surface area contributed by atoms with Crippen molar-refractivity contribution in [1.29, 1.82) is 0 Å². The zero-order valence-electron chi connectivity index (χ0n) is 27.9. The summed E-state index contributed by atoms with van der Waals surface area (Å²) in [6, 6.07) is 24.6. The Hall–Kier alpha value is -3.92. The molecule has 0 saturated carbocycles. The molecule has 5 heterocycles. The van der Waals surface area contributed by atoms with E-state index in [1.165, 1.54) is 43.2 Å². The van der Waals surface area contributed by atoms with Crippen molar-refractivity contribution in [2.24, 2.45) is 0 Å². The molecule has 3 aliphatic heterocycles. The molecule has 0 amide bonds. The Morgan fingerprint density at radius 3 is 2.31 bits per heavy atom. The summed E-state index contributed by atoms with van der Waals surface area (Å²) in [6.45, 7) is 1.18. The van der Waals surface area contributed by atoms with E-state index in [2.05, 4.69) is 52.2 Å². The maximum absolute atomic E-state index is 12.5. The number of nitrogens with one attached hydrogen (secondary N) is 2. The molecule has 3 aliphatic rings. The number of fused-ring (bicyclic) bond motifs is 4. The van der Waals surface area contributed by atoms with E-state index in [1.54, 1.807) is 30.5 Å². The topological polar surface area (TPSA) is 98.5 Å². The molecule has 0 aliphatic carbocycles. The number of aryl methyl sites for hydroxylation is 1. The second kappa shape index (κ2) is 13.9. The fourth-order valence-electron chi connectivity index (χ4n) is 7.95. The molecular weight excluding hydrogens is 621 g/mol. The highest BCUT2D eigenvalue weighted by Gasteiger charge is 2.40. The molecule has 4 atom stereocenters. The zero-order valence-corrected chi connectivity index (χ0v) is 28.7. The van der Waals surface area contributed by atoms with Crippen LogP contribution in [0.4, 0.5) is 0 Å². The highest BCUT2D eigenvalue weighted by Crippen LogP contribution is 2.36. The van der Waals surface area contributed by atoms with Gasteiger partial charge in [0.15, 0.2) is 9.84 Å². The van der Waals surface area contributed by atoms with Gasteiger partial charge in [-0.05, 0) is 101 Å². The summed E-state index contributed by atoms with van der Waals surface area (Å²) in [7, 11) is 1.15. The highest BCUT2D eigenvalue weighted by molar-refractivity contribution is 7.91. The minimum Gasteiger partial charge on any atom is -0.459 e. The van der Waals surface area contributed by atoms with Crippen molar-refractivity contribution in [3.63, 3.8) is 0 Å². The van der Waals surface area contributed by atoms with Gasteiger partial charge >= 0.3 is 5.97 Å². The molecule has 0 spiro atoms. The number of hydrogen-bond donors (Lipinski definition) is 2. The maximum atomic E-state index is 12.5. The molecule has 3 aromatic carbocycles. The van der Waals surface area contributed by atoms with Crippen LogP contribution in [-0.4, -0.2) is 84.8 Å². The van der Waals surface area contributed by atoms with Crippen LogP contribution in [0.1, 0.15) is 60.0 Å². The second-order valence-corrected chi connectivity index (χ2v) is 16.0. The molecule has 2 N–H and O–H groups in total. The molecule has 5 aromatic rings. The summed E-state index contributed by atoms with van der Waals surface area (Å²) in [5.74, 6) is -0.0606. The van der Waals surface area contributed by atoms with Crippen LogP contribution in [0, 0.1) is 0 Å². The molecule has 3 fully saturated rings. The number of carbonyl (C=O) groups excluding carboxylic acids is 1. The quantitative estimate of drug-likeness (QED) is 0.178. The van der Waals surface area contributed by atoms with Crippen LogP contribution in [0.25, 0.3) is 21.8 Å². The summed E-state index contributed by atoms with van der Waals surface area (Å²) < 4.78 is 30.9. The Bertz CT molecular complexity index is 1970. The number of benzene rings is 3. The van der Waals surface area contributed by atoms with Gasteiger partial charge < -0.3 is 24.5 Å². The molecule has 2 bridgehead atoms. The van der Waals surface area contributed by atoms with E-state index in [4.69, 9.17) is 4.74 Å².